The molecule has 0 bridgehead atoms. The molecule has 3 N–H and O–H groups in total. The topological polar surface area (TPSA) is 94.8 Å². The Kier molecular flexibility index (Phi) is 6.91. The Morgan fingerprint density at radius 1 is 1.28 bits per heavy atom. The average molecular weight is 401 g/mol. The lowest BCUT2D eigenvalue weighted by Gasteiger charge is -2.45. The van der Waals surface area contributed by atoms with E-state index in [1.807, 2.05) is 12.2 Å². The molecule has 1 aromatic rings. The first kappa shape index (κ1) is 21.7. The maximum Gasteiger partial charge on any atom is 0.335 e. The zero-order valence-electron chi connectivity index (χ0n) is 17.1. The second-order valence-electron chi connectivity index (χ2n) is 8.71. The summed E-state index contributed by atoms with van der Waals surface area (Å²) in [6.07, 6.45) is 9.19. The third kappa shape index (κ3) is 4.78. The molecule has 0 aromatic heterocycles. The van der Waals surface area contributed by atoms with Crippen LogP contribution in [0.15, 0.2) is 36.4 Å². The largest absolute Gasteiger partial charge is 0.478 e. The number of aliphatic hydroxyl groups excluding tert-OH is 2. The predicted octanol–water partition coefficient (Wildman–Crippen LogP) is 3.77. The van der Waals surface area contributed by atoms with E-state index in [4.69, 9.17) is 5.11 Å². The summed E-state index contributed by atoms with van der Waals surface area (Å²) in [6.45, 7) is 2.13. The van der Waals surface area contributed by atoms with Crippen LogP contribution < -0.4 is 0 Å². The minimum atomic E-state index is -0.954. The third-order valence-corrected chi connectivity index (χ3v) is 7.16. The van der Waals surface area contributed by atoms with Crippen molar-refractivity contribution in [1.82, 2.24) is 0 Å². The van der Waals surface area contributed by atoms with Crippen LogP contribution in [0.4, 0.5) is 0 Å². The van der Waals surface area contributed by atoms with E-state index in [1.165, 1.54) is 6.42 Å². The maximum atomic E-state index is 12.4. The van der Waals surface area contributed by atoms with Gasteiger partial charge in [-0.05, 0) is 61.6 Å². The summed E-state index contributed by atoms with van der Waals surface area (Å²) in [7, 11) is 0. The zero-order valence-corrected chi connectivity index (χ0v) is 17.1. The SMILES string of the molecule is CCC1(C(O)CC=C[C@H]2C(O)CC(=O)[C@@H]2CCc2ccc(C(=O)O)cc2)CCC1. The van der Waals surface area contributed by atoms with Gasteiger partial charge in [-0.1, -0.05) is 37.6 Å². The van der Waals surface area contributed by atoms with E-state index in [0.717, 1.165) is 24.8 Å². The molecule has 158 valence electrons. The number of carbonyl (C=O) groups is 2. The average Bonchev–Trinajstić information content (AvgIpc) is 2.93. The molecule has 0 radical (unpaired) electrons. The van der Waals surface area contributed by atoms with Gasteiger partial charge in [0.15, 0.2) is 0 Å². The Morgan fingerprint density at radius 3 is 2.52 bits per heavy atom. The van der Waals surface area contributed by atoms with Crippen LogP contribution in [0.3, 0.4) is 0 Å². The number of carboxylic acid groups (broad SMARTS) is 1. The third-order valence-electron chi connectivity index (χ3n) is 7.16. The van der Waals surface area contributed by atoms with Crippen LogP contribution in [0.2, 0.25) is 0 Å². The van der Waals surface area contributed by atoms with Crippen molar-refractivity contribution in [2.75, 3.05) is 0 Å². The van der Waals surface area contributed by atoms with Gasteiger partial charge in [-0.2, -0.15) is 0 Å². The molecule has 2 saturated carbocycles. The van der Waals surface area contributed by atoms with Crippen molar-refractivity contribution in [3.05, 3.63) is 47.5 Å². The number of Topliss-reactive ketones (excluding diaryl/α,β-unsaturated/α-hetero) is 1. The smallest absolute Gasteiger partial charge is 0.335 e. The van der Waals surface area contributed by atoms with Crippen molar-refractivity contribution < 1.29 is 24.9 Å². The van der Waals surface area contributed by atoms with Crippen LogP contribution in [0.5, 0.6) is 0 Å². The highest BCUT2D eigenvalue weighted by molar-refractivity contribution is 5.87. The van der Waals surface area contributed by atoms with Gasteiger partial charge in [-0.25, -0.2) is 4.79 Å². The number of benzene rings is 1. The number of aryl methyl sites for hydroxylation is 1. The van der Waals surface area contributed by atoms with E-state index in [1.54, 1.807) is 24.3 Å². The fraction of sp³-hybridized carbons (Fsp3) is 0.583. The van der Waals surface area contributed by atoms with Crippen molar-refractivity contribution >= 4 is 11.8 Å². The molecule has 4 atom stereocenters. The van der Waals surface area contributed by atoms with Gasteiger partial charge in [0.25, 0.3) is 0 Å². The number of hydrogen-bond acceptors (Lipinski definition) is 4. The summed E-state index contributed by atoms with van der Waals surface area (Å²) < 4.78 is 0. The Balaban J connectivity index is 1.58. The molecule has 3 rings (SSSR count). The fourth-order valence-electron chi connectivity index (χ4n) is 4.90. The molecule has 5 nitrogen and oxygen atoms in total. The number of carboxylic acids is 1. The quantitative estimate of drug-likeness (QED) is 0.549. The number of aliphatic hydroxyl groups is 2. The molecular formula is C24H32O5. The summed E-state index contributed by atoms with van der Waals surface area (Å²) >= 11 is 0. The molecule has 0 aliphatic heterocycles. The van der Waals surface area contributed by atoms with E-state index < -0.39 is 12.1 Å². The minimum Gasteiger partial charge on any atom is -0.478 e. The van der Waals surface area contributed by atoms with Crippen molar-refractivity contribution in [2.45, 2.75) is 70.5 Å². The van der Waals surface area contributed by atoms with Gasteiger partial charge in [0.05, 0.1) is 17.8 Å². The number of ketones is 1. The van der Waals surface area contributed by atoms with E-state index in [0.29, 0.717) is 19.3 Å². The summed E-state index contributed by atoms with van der Waals surface area (Å²) in [4.78, 5) is 23.4. The van der Waals surface area contributed by atoms with Gasteiger partial charge in [0.1, 0.15) is 5.78 Å². The van der Waals surface area contributed by atoms with E-state index in [9.17, 15) is 19.8 Å². The Hall–Kier alpha value is -1.98. The van der Waals surface area contributed by atoms with E-state index in [2.05, 4.69) is 6.92 Å². The molecule has 0 amide bonds. The molecule has 2 aliphatic rings. The number of rotatable bonds is 9. The standard InChI is InChI=1S/C24H32O5/c1-2-24(13-4-14-24)22(27)6-3-5-18-19(21(26)15-20(18)25)12-9-16-7-10-17(11-8-16)23(28)29/h3,5,7-8,10-11,18-20,22,25,27H,2,4,6,9,12-15H2,1H3,(H,28,29)/t18-,19-,20?,22?/m1/s1. The maximum absolute atomic E-state index is 12.4. The van der Waals surface area contributed by atoms with Gasteiger partial charge in [-0.15, -0.1) is 0 Å². The zero-order chi connectivity index (χ0) is 21.0. The Bertz CT molecular complexity index is 742. The normalized spacial score (nSPS) is 27.1. The fourth-order valence-corrected chi connectivity index (χ4v) is 4.90. The van der Waals surface area contributed by atoms with Crippen LogP contribution in [0.1, 0.15) is 67.8 Å². The van der Waals surface area contributed by atoms with Crippen LogP contribution >= 0.6 is 0 Å². The van der Waals surface area contributed by atoms with Gasteiger partial charge in [0.2, 0.25) is 0 Å². The summed E-state index contributed by atoms with van der Waals surface area (Å²) in [6, 6.07) is 6.71. The molecule has 0 spiro atoms. The number of carbonyl (C=O) groups excluding carboxylic acids is 1. The molecule has 5 heteroatoms. The highest BCUT2D eigenvalue weighted by Crippen LogP contribution is 2.47. The Morgan fingerprint density at radius 2 is 1.97 bits per heavy atom. The van der Waals surface area contributed by atoms with Crippen LogP contribution in [-0.4, -0.2) is 39.3 Å². The molecule has 0 saturated heterocycles. The van der Waals surface area contributed by atoms with Gasteiger partial charge < -0.3 is 15.3 Å². The summed E-state index contributed by atoms with van der Waals surface area (Å²) in [5.41, 5.74) is 1.28. The Labute approximate surface area is 172 Å². The molecular weight excluding hydrogens is 368 g/mol. The highest BCUT2D eigenvalue weighted by Gasteiger charge is 2.42. The van der Waals surface area contributed by atoms with Crippen LogP contribution in [-0.2, 0) is 11.2 Å². The van der Waals surface area contributed by atoms with Crippen molar-refractivity contribution in [3.63, 3.8) is 0 Å². The summed E-state index contributed by atoms with van der Waals surface area (Å²) in [5, 5.41) is 29.9. The van der Waals surface area contributed by atoms with Crippen molar-refractivity contribution in [2.24, 2.45) is 17.3 Å². The predicted molar refractivity (Wildman–Crippen MR) is 111 cm³/mol. The first-order valence-electron chi connectivity index (χ1n) is 10.7. The number of hydrogen-bond donors (Lipinski definition) is 3. The minimum absolute atomic E-state index is 0.0516. The van der Waals surface area contributed by atoms with E-state index >= 15 is 0 Å². The molecule has 1 aromatic carbocycles. The second-order valence-corrected chi connectivity index (χ2v) is 8.71. The van der Waals surface area contributed by atoms with Crippen LogP contribution in [0, 0.1) is 17.3 Å². The molecule has 2 unspecified atom stereocenters. The first-order chi connectivity index (χ1) is 13.9. The highest BCUT2D eigenvalue weighted by atomic mass is 16.4. The molecule has 2 aliphatic carbocycles. The lowest BCUT2D eigenvalue weighted by molar-refractivity contribution is -0.121. The summed E-state index contributed by atoms with van der Waals surface area (Å²) in [5.74, 6) is -1.32. The first-order valence-corrected chi connectivity index (χ1v) is 10.7. The lowest BCUT2D eigenvalue weighted by atomic mass is 9.63. The monoisotopic (exact) mass is 400 g/mol. The molecule has 29 heavy (non-hydrogen) atoms. The van der Waals surface area contributed by atoms with Gasteiger partial charge >= 0.3 is 5.97 Å². The van der Waals surface area contributed by atoms with Crippen molar-refractivity contribution in [3.8, 4) is 0 Å². The van der Waals surface area contributed by atoms with Crippen LogP contribution in [0.25, 0.3) is 0 Å². The van der Waals surface area contributed by atoms with Crippen molar-refractivity contribution in [1.29, 1.82) is 0 Å². The lowest BCUT2D eigenvalue weighted by Crippen LogP contribution is -2.40. The van der Waals surface area contributed by atoms with Gasteiger partial charge in [0, 0.05) is 18.3 Å². The van der Waals surface area contributed by atoms with E-state index in [-0.39, 0.29) is 41.1 Å². The molecule has 0 heterocycles. The molecule has 2 fully saturated rings. The van der Waals surface area contributed by atoms with Gasteiger partial charge in [-0.3, -0.25) is 4.79 Å². The second kappa shape index (κ2) is 9.23. The number of aromatic carboxylic acids is 1.